The van der Waals surface area contributed by atoms with Crippen LogP contribution in [0.2, 0.25) is 0 Å². The Bertz CT molecular complexity index is 1120. The van der Waals surface area contributed by atoms with Gasteiger partial charge in [0.25, 0.3) is 15.9 Å². The van der Waals surface area contributed by atoms with Gasteiger partial charge in [-0.05, 0) is 42.5 Å². The molecule has 8 nitrogen and oxygen atoms in total. The van der Waals surface area contributed by atoms with Gasteiger partial charge in [0, 0.05) is 18.2 Å². The Balaban J connectivity index is 1.56. The molecule has 4 rings (SSSR count). The standard InChI is InChI=1S/C19H20N4O4S2/c1-13-20-18(22-27-13)19(9-2-3-10-19)21-17(24)14-6-4-7-15(12-14)23-29(25,26)16-8-5-11-28-16/h4-8,11-12,23H,2-3,9-10H2,1H3,(H,21,24). The molecule has 3 aromatic rings. The van der Waals surface area contributed by atoms with Crippen LogP contribution in [-0.2, 0) is 15.6 Å². The Morgan fingerprint density at radius 2 is 2.00 bits per heavy atom. The largest absolute Gasteiger partial charge is 0.340 e. The number of amides is 1. The van der Waals surface area contributed by atoms with E-state index in [-0.39, 0.29) is 10.1 Å². The molecule has 0 unspecified atom stereocenters. The quantitative estimate of drug-likeness (QED) is 0.617. The van der Waals surface area contributed by atoms with E-state index in [0.29, 0.717) is 23.0 Å². The number of hydrogen-bond acceptors (Lipinski definition) is 7. The molecule has 2 aromatic heterocycles. The molecule has 1 aliphatic rings. The molecule has 29 heavy (non-hydrogen) atoms. The van der Waals surface area contributed by atoms with E-state index in [2.05, 4.69) is 20.2 Å². The number of aromatic nitrogens is 2. The minimum absolute atomic E-state index is 0.213. The predicted octanol–water partition coefficient (Wildman–Crippen LogP) is 3.44. The fourth-order valence-electron chi connectivity index (χ4n) is 3.51. The first-order chi connectivity index (χ1) is 13.9. The Kier molecular flexibility index (Phi) is 5.13. The third-order valence-electron chi connectivity index (χ3n) is 4.90. The summed E-state index contributed by atoms with van der Waals surface area (Å²) in [5, 5.41) is 8.77. The summed E-state index contributed by atoms with van der Waals surface area (Å²) < 4.78 is 32.7. The lowest BCUT2D eigenvalue weighted by Gasteiger charge is -2.26. The van der Waals surface area contributed by atoms with Gasteiger partial charge in [-0.2, -0.15) is 4.98 Å². The minimum Gasteiger partial charge on any atom is -0.340 e. The number of carbonyl (C=O) groups excluding carboxylic acids is 1. The zero-order chi connectivity index (χ0) is 20.5. The van der Waals surface area contributed by atoms with Crippen molar-refractivity contribution in [3.05, 3.63) is 59.1 Å². The predicted molar refractivity (Wildman–Crippen MR) is 108 cm³/mol. The molecule has 1 aliphatic carbocycles. The summed E-state index contributed by atoms with van der Waals surface area (Å²) in [6.07, 6.45) is 3.36. The minimum atomic E-state index is -3.68. The molecule has 10 heteroatoms. The number of thiophene rings is 1. The van der Waals surface area contributed by atoms with Gasteiger partial charge in [0.2, 0.25) is 5.89 Å². The van der Waals surface area contributed by atoms with Crippen molar-refractivity contribution < 1.29 is 17.7 Å². The molecule has 0 radical (unpaired) electrons. The maximum absolute atomic E-state index is 13.0. The summed E-state index contributed by atoms with van der Waals surface area (Å²) in [4.78, 5) is 17.3. The number of rotatable bonds is 6. The molecule has 0 spiro atoms. The topological polar surface area (TPSA) is 114 Å². The van der Waals surface area contributed by atoms with Crippen LogP contribution < -0.4 is 10.0 Å². The lowest BCUT2D eigenvalue weighted by Crippen LogP contribution is -2.44. The Hall–Kier alpha value is -2.72. The summed E-state index contributed by atoms with van der Waals surface area (Å²) in [5.41, 5.74) is 0.00575. The van der Waals surface area contributed by atoms with Crippen LogP contribution in [-0.4, -0.2) is 24.5 Å². The molecule has 0 atom stereocenters. The lowest BCUT2D eigenvalue weighted by atomic mass is 9.96. The van der Waals surface area contributed by atoms with Crippen molar-refractivity contribution in [2.45, 2.75) is 42.4 Å². The second-order valence-corrected chi connectivity index (χ2v) is 9.86. The molecule has 1 aromatic carbocycles. The van der Waals surface area contributed by atoms with Gasteiger partial charge in [0.05, 0.1) is 0 Å². The maximum Gasteiger partial charge on any atom is 0.271 e. The highest BCUT2D eigenvalue weighted by molar-refractivity contribution is 7.94. The zero-order valence-corrected chi connectivity index (χ0v) is 17.3. The molecule has 0 saturated heterocycles. The van der Waals surface area contributed by atoms with Crippen molar-refractivity contribution in [3.8, 4) is 0 Å². The van der Waals surface area contributed by atoms with Crippen molar-refractivity contribution in [2.75, 3.05) is 4.72 Å². The summed E-state index contributed by atoms with van der Waals surface area (Å²) >= 11 is 1.13. The van der Waals surface area contributed by atoms with Crippen LogP contribution in [0.25, 0.3) is 0 Å². The van der Waals surface area contributed by atoms with Crippen LogP contribution in [0, 0.1) is 6.92 Å². The van der Waals surface area contributed by atoms with Crippen molar-refractivity contribution in [1.82, 2.24) is 15.5 Å². The van der Waals surface area contributed by atoms with Gasteiger partial charge in [-0.3, -0.25) is 9.52 Å². The van der Waals surface area contributed by atoms with E-state index in [1.54, 1.807) is 36.6 Å². The molecule has 0 bridgehead atoms. The molecule has 2 N–H and O–H groups in total. The van der Waals surface area contributed by atoms with Crippen LogP contribution in [0.1, 0.15) is 47.8 Å². The molecule has 1 fully saturated rings. The van der Waals surface area contributed by atoms with Crippen LogP contribution in [0.4, 0.5) is 5.69 Å². The number of hydrogen-bond donors (Lipinski definition) is 2. The first-order valence-electron chi connectivity index (χ1n) is 9.18. The van der Waals surface area contributed by atoms with Crippen molar-refractivity contribution in [3.63, 3.8) is 0 Å². The molecule has 1 amide bonds. The van der Waals surface area contributed by atoms with E-state index < -0.39 is 15.6 Å². The van der Waals surface area contributed by atoms with E-state index >= 15 is 0 Å². The third kappa shape index (κ3) is 4.03. The fraction of sp³-hybridized carbons (Fsp3) is 0.316. The van der Waals surface area contributed by atoms with Crippen LogP contribution in [0.5, 0.6) is 0 Å². The number of nitrogens with one attached hydrogen (secondary N) is 2. The normalized spacial score (nSPS) is 15.9. The molecule has 1 saturated carbocycles. The average molecular weight is 433 g/mol. The Morgan fingerprint density at radius 1 is 1.21 bits per heavy atom. The number of carbonyl (C=O) groups is 1. The monoisotopic (exact) mass is 432 g/mol. The van der Waals surface area contributed by atoms with E-state index in [1.165, 1.54) is 12.1 Å². The van der Waals surface area contributed by atoms with Crippen LogP contribution in [0.15, 0.2) is 50.5 Å². The van der Waals surface area contributed by atoms with Gasteiger partial charge in [0.15, 0.2) is 5.82 Å². The number of nitrogens with zero attached hydrogens (tertiary/aromatic N) is 2. The first-order valence-corrected chi connectivity index (χ1v) is 11.5. The number of anilines is 1. The van der Waals surface area contributed by atoms with Gasteiger partial charge in [-0.1, -0.05) is 30.1 Å². The Morgan fingerprint density at radius 3 is 2.66 bits per heavy atom. The first kappa shape index (κ1) is 19.6. The highest BCUT2D eigenvalue weighted by Gasteiger charge is 2.41. The molecular formula is C19H20N4O4S2. The second kappa shape index (κ2) is 7.60. The smallest absolute Gasteiger partial charge is 0.271 e. The van der Waals surface area contributed by atoms with Gasteiger partial charge in [0.1, 0.15) is 9.75 Å². The van der Waals surface area contributed by atoms with Gasteiger partial charge in [-0.15, -0.1) is 11.3 Å². The third-order valence-corrected chi connectivity index (χ3v) is 7.68. The van der Waals surface area contributed by atoms with Gasteiger partial charge < -0.3 is 9.84 Å². The second-order valence-electron chi connectivity index (χ2n) is 7.00. The lowest BCUT2D eigenvalue weighted by molar-refractivity contribution is 0.0892. The summed E-state index contributed by atoms with van der Waals surface area (Å²) in [6.45, 7) is 1.71. The number of aryl methyl sites for hydroxylation is 1. The zero-order valence-electron chi connectivity index (χ0n) is 15.7. The molecule has 2 heterocycles. The van der Waals surface area contributed by atoms with E-state index in [4.69, 9.17) is 4.52 Å². The maximum atomic E-state index is 13.0. The highest BCUT2D eigenvalue weighted by atomic mass is 32.2. The van der Waals surface area contributed by atoms with Crippen molar-refractivity contribution >= 4 is 33.0 Å². The summed E-state index contributed by atoms with van der Waals surface area (Å²) in [7, 11) is -3.68. The SMILES string of the molecule is Cc1nc(C2(NC(=O)c3cccc(NS(=O)(=O)c4cccs4)c3)CCCC2)no1. The number of benzene rings is 1. The molecule has 0 aliphatic heterocycles. The number of sulfonamides is 1. The molecular weight excluding hydrogens is 412 g/mol. The van der Waals surface area contributed by atoms with Gasteiger partial charge >= 0.3 is 0 Å². The highest BCUT2D eigenvalue weighted by Crippen LogP contribution is 2.37. The van der Waals surface area contributed by atoms with Crippen LogP contribution >= 0.6 is 11.3 Å². The summed E-state index contributed by atoms with van der Waals surface area (Å²) in [6, 6.07) is 9.61. The van der Waals surface area contributed by atoms with E-state index in [9.17, 15) is 13.2 Å². The van der Waals surface area contributed by atoms with E-state index in [1.807, 2.05) is 0 Å². The van der Waals surface area contributed by atoms with Crippen molar-refractivity contribution in [2.24, 2.45) is 0 Å². The fourth-order valence-corrected chi connectivity index (χ4v) is 5.55. The van der Waals surface area contributed by atoms with Crippen LogP contribution in [0.3, 0.4) is 0 Å². The Labute approximate surface area is 172 Å². The van der Waals surface area contributed by atoms with Gasteiger partial charge in [-0.25, -0.2) is 8.42 Å². The summed E-state index contributed by atoms with van der Waals surface area (Å²) in [5.74, 6) is 0.618. The van der Waals surface area contributed by atoms with Crippen molar-refractivity contribution in [1.29, 1.82) is 0 Å². The average Bonchev–Trinajstić information content (AvgIpc) is 3.44. The molecule has 152 valence electrons. The van der Waals surface area contributed by atoms with E-state index in [0.717, 1.165) is 37.0 Å².